The Kier molecular flexibility index (Phi) is 3.92. The van der Waals surface area contributed by atoms with Crippen LogP contribution in [-0.4, -0.2) is 41.2 Å². The van der Waals surface area contributed by atoms with Gasteiger partial charge in [0.25, 0.3) is 0 Å². The zero-order valence-electron chi connectivity index (χ0n) is 10.3. The minimum Gasteiger partial charge on any atom is -0.466 e. The molecule has 0 aromatic rings. The fraction of sp³-hybridized carbons (Fsp3) is 0.500. The van der Waals surface area contributed by atoms with Crippen LogP contribution in [0.15, 0.2) is 11.3 Å². The van der Waals surface area contributed by atoms with E-state index in [1.165, 1.54) is 13.8 Å². The van der Waals surface area contributed by atoms with Gasteiger partial charge >= 0.3 is 12.0 Å². The van der Waals surface area contributed by atoms with Crippen molar-refractivity contribution >= 4 is 17.8 Å². The van der Waals surface area contributed by atoms with Gasteiger partial charge in [0.05, 0.1) is 18.6 Å². The van der Waals surface area contributed by atoms with Crippen LogP contribution in [0.1, 0.15) is 13.8 Å². The molecule has 0 fully saturated rings. The molecule has 18 heavy (non-hydrogen) atoms. The Morgan fingerprint density at radius 3 is 2.39 bits per heavy atom. The molecule has 4 N–H and O–H groups in total. The molecule has 0 saturated carbocycles. The summed E-state index contributed by atoms with van der Waals surface area (Å²) >= 11 is 0. The highest BCUT2D eigenvalue weighted by Gasteiger charge is 2.44. The third-order valence-electron chi connectivity index (χ3n) is 2.70. The average molecular weight is 257 g/mol. The van der Waals surface area contributed by atoms with Crippen LogP contribution >= 0.6 is 0 Å². The highest BCUT2D eigenvalue weighted by Crippen LogP contribution is 2.32. The van der Waals surface area contributed by atoms with Crippen molar-refractivity contribution in [1.29, 1.82) is 0 Å². The summed E-state index contributed by atoms with van der Waals surface area (Å²) in [5.74, 6) is -2.24. The molecule has 0 aromatic heterocycles. The third-order valence-corrected chi connectivity index (χ3v) is 2.70. The Bertz CT molecular complexity index is 431. The number of carbonyl (C=O) groups excluding carboxylic acids is 3. The number of hydrazine groups is 1. The summed E-state index contributed by atoms with van der Waals surface area (Å²) in [6.45, 7) is 2.70. The molecular formula is C10H15N3O5. The van der Waals surface area contributed by atoms with Gasteiger partial charge < -0.3 is 15.6 Å². The lowest BCUT2D eigenvalue weighted by Gasteiger charge is -2.25. The van der Waals surface area contributed by atoms with Crippen molar-refractivity contribution < 1.29 is 24.2 Å². The molecule has 0 unspecified atom stereocenters. The molecule has 1 rings (SSSR count). The number of ether oxygens (including phenoxy) is 1. The Balaban J connectivity index is 3.20. The van der Waals surface area contributed by atoms with Gasteiger partial charge in [-0.25, -0.2) is 15.0 Å². The number of allylic oxidation sites excluding steroid dienone is 1. The molecule has 2 amide bonds. The zero-order valence-corrected chi connectivity index (χ0v) is 10.3. The van der Waals surface area contributed by atoms with Crippen molar-refractivity contribution in [1.82, 2.24) is 10.4 Å². The van der Waals surface area contributed by atoms with Crippen LogP contribution in [0.3, 0.4) is 0 Å². The molecule has 0 bridgehead atoms. The molecule has 0 aromatic carbocycles. The molecule has 1 aliphatic heterocycles. The number of carbonyl (C=O) groups is 3. The van der Waals surface area contributed by atoms with E-state index in [2.05, 4.69) is 10.2 Å². The maximum atomic E-state index is 11.6. The Labute approximate surface area is 103 Å². The third kappa shape index (κ3) is 2.28. The zero-order chi connectivity index (χ0) is 14.0. The monoisotopic (exact) mass is 257 g/mol. The molecule has 8 nitrogen and oxygen atoms in total. The summed E-state index contributed by atoms with van der Waals surface area (Å²) in [5.41, 5.74) is 7.31. The number of esters is 1. The van der Waals surface area contributed by atoms with Gasteiger partial charge in [0.2, 0.25) is 0 Å². The number of hydrogen-bond donors (Lipinski definition) is 3. The quantitative estimate of drug-likeness (QED) is 0.549. The van der Waals surface area contributed by atoms with Gasteiger partial charge in [-0.3, -0.25) is 9.80 Å². The first-order valence-corrected chi connectivity index (χ1v) is 5.14. The number of urea groups is 1. The number of amides is 2. The van der Waals surface area contributed by atoms with E-state index < -0.39 is 29.9 Å². The summed E-state index contributed by atoms with van der Waals surface area (Å²) < 4.78 is 4.56. The van der Waals surface area contributed by atoms with Crippen LogP contribution in [0, 0.1) is 5.92 Å². The smallest absolute Gasteiger partial charge is 0.336 e. The van der Waals surface area contributed by atoms with Crippen molar-refractivity contribution in [2.75, 3.05) is 7.11 Å². The molecule has 0 radical (unpaired) electrons. The first-order valence-electron chi connectivity index (χ1n) is 5.14. The van der Waals surface area contributed by atoms with E-state index in [-0.39, 0.29) is 11.3 Å². The normalized spacial score (nSPS) is 23.0. The molecule has 0 aliphatic carbocycles. The largest absolute Gasteiger partial charge is 0.466 e. The molecule has 2 atom stereocenters. The van der Waals surface area contributed by atoms with E-state index in [0.29, 0.717) is 0 Å². The summed E-state index contributed by atoms with van der Waals surface area (Å²) in [7, 11) is 1.16. The molecule has 100 valence electrons. The van der Waals surface area contributed by atoms with Gasteiger partial charge in [-0.1, -0.05) is 0 Å². The predicted molar refractivity (Wildman–Crippen MR) is 59.5 cm³/mol. The lowest BCUT2D eigenvalue weighted by Crippen LogP contribution is -2.49. The first-order chi connectivity index (χ1) is 8.31. The van der Waals surface area contributed by atoms with E-state index in [1.807, 2.05) is 0 Å². The number of aliphatic hydroxyl groups excluding tert-OH is 1. The minimum absolute atomic E-state index is 0.00579. The van der Waals surface area contributed by atoms with E-state index in [0.717, 1.165) is 12.1 Å². The Morgan fingerprint density at radius 1 is 1.44 bits per heavy atom. The molecule has 1 heterocycles. The van der Waals surface area contributed by atoms with Crippen LogP contribution < -0.4 is 11.2 Å². The summed E-state index contributed by atoms with van der Waals surface area (Å²) in [4.78, 5) is 33.9. The van der Waals surface area contributed by atoms with Gasteiger partial charge in [0, 0.05) is 5.70 Å². The maximum Gasteiger partial charge on any atom is 0.336 e. The number of primary amides is 1. The highest BCUT2D eigenvalue weighted by atomic mass is 16.5. The second-order valence-electron chi connectivity index (χ2n) is 3.84. The lowest BCUT2D eigenvalue weighted by molar-refractivity contribution is -0.139. The van der Waals surface area contributed by atoms with Gasteiger partial charge in [-0.2, -0.15) is 0 Å². The molecule has 8 heteroatoms. The second-order valence-corrected chi connectivity index (χ2v) is 3.84. The predicted octanol–water partition coefficient (Wildman–Crippen LogP) is -1.14. The van der Waals surface area contributed by atoms with Crippen molar-refractivity contribution in [3.05, 3.63) is 11.3 Å². The van der Waals surface area contributed by atoms with Crippen LogP contribution in [0.4, 0.5) is 4.79 Å². The first kappa shape index (κ1) is 14.0. The Morgan fingerprint density at radius 2 is 2.00 bits per heavy atom. The van der Waals surface area contributed by atoms with Crippen LogP contribution in [0.25, 0.3) is 0 Å². The molecule has 0 saturated heterocycles. The minimum atomic E-state index is -1.39. The van der Waals surface area contributed by atoms with Crippen LogP contribution in [0.2, 0.25) is 0 Å². The standard InChI is InChI=1S/C10H15N3O5/c1-4-6(9(16)18-3)7(5(2)14)8(15)13(4)12-10(11)17/h7-8,15H,1-3H3,(H3,11,12,17)/t7-,8+/m1/s1. The number of nitrogens with two attached hydrogens (primary N) is 1. The number of methoxy groups -OCH3 is 1. The molecule has 0 spiro atoms. The summed E-state index contributed by atoms with van der Waals surface area (Å²) in [5, 5.41) is 10.9. The second kappa shape index (κ2) is 5.05. The molecule has 1 aliphatic rings. The average Bonchev–Trinajstić information content (AvgIpc) is 2.52. The number of Topliss-reactive ketones (excluding diaryl/α,β-unsaturated/α-hetero) is 1. The van der Waals surface area contributed by atoms with Crippen molar-refractivity contribution in [3.8, 4) is 0 Å². The highest BCUT2D eigenvalue weighted by molar-refractivity contribution is 5.98. The number of nitrogens with one attached hydrogen (secondary N) is 1. The number of aliphatic hydroxyl groups is 1. The molecular weight excluding hydrogens is 242 g/mol. The van der Waals surface area contributed by atoms with Crippen molar-refractivity contribution in [2.24, 2.45) is 11.7 Å². The van der Waals surface area contributed by atoms with Gasteiger partial charge in [0.1, 0.15) is 5.78 Å². The fourth-order valence-electron chi connectivity index (χ4n) is 1.92. The van der Waals surface area contributed by atoms with Gasteiger partial charge in [-0.15, -0.1) is 0 Å². The topological polar surface area (TPSA) is 122 Å². The van der Waals surface area contributed by atoms with E-state index in [1.54, 1.807) is 0 Å². The maximum absolute atomic E-state index is 11.6. The number of rotatable bonds is 3. The fourth-order valence-corrected chi connectivity index (χ4v) is 1.92. The number of nitrogens with zero attached hydrogens (tertiary/aromatic N) is 1. The number of hydrogen-bond acceptors (Lipinski definition) is 6. The van der Waals surface area contributed by atoms with Crippen LogP contribution in [-0.2, 0) is 14.3 Å². The summed E-state index contributed by atoms with van der Waals surface area (Å²) in [6.07, 6.45) is -1.39. The summed E-state index contributed by atoms with van der Waals surface area (Å²) in [6, 6.07) is -0.915. The van der Waals surface area contributed by atoms with Gasteiger partial charge in [0.15, 0.2) is 6.23 Å². The van der Waals surface area contributed by atoms with E-state index in [4.69, 9.17) is 5.73 Å². The van der Waals surface area contributed by atoms with Crippen molar-refractivity contribution in [2.45, 2.75) is 20.1 Å². The van der Waals surface area contributed by atoms with Crippen molar-refractivity contribution in [3.63, 3.8) is 0 Å². The van der Waals surface area contributed by atoms with Gasteiger partial charge in [-0.05, 0) is 13.8 Å². The lowest BCUT2D eigenvalue weighted by atomic mass is 9.96. The number of ketones is 1. The SMILES string of the molecule is COC(=O)C1=C(C)N(NC(N)=O)[C@@H](O)[C@@H]1C(C)=O. The Hall–Kier alpha value is -2.09. The van der Waals surface area contributed by atoms with E-state index >= 15 is 0 Å². The van der Waals surface area contributed by atoms with Crippen LogP contribution in [0.5, 0.6) is 0 Å². The van der Waals surface area contributed by atoms with E-state index in [9.17, 15) is 19.5 Å².